The summed E-state index contributed by atoms with van der Waals surface area (Å²) in [7, 11) is 0. The molecule has 0 fully saturated rings. The van der Waals surface area contributed by atoms with Gasteiger partial charge in [-0.2, -0.15) is 0 Å². The topological polar surface area (TPSA) is 22.8 Å². The highest BCUT2D eigenvalue weighted by atomic mass is 15.1. The Morgan fingerprint density at radius 3 is 1.75 bits per heavy atom. The summed E-state index contributed by atoms with van der Waals surface area (Å²) in [6.07, 6.45) is 0. The number of fused-ring (bicyclic) bond motifs is 8. The number of rotatable bonds is 4. The second-order valence-electron chi connectivity index (χ2n) is 12.4. The Morgan fingerprint density at radius 2 is 0.979 bits per heavy atom. The Labute approximate surface area is 277 Å². The van der Waals surface area contributed by atoms with Crippen LogP contribution in [0.4, 0.5) is 0 Å². The molecule has 0 N–H and O–H groups in total. The molecule has 10 rings (SSSR count). The molecular weight excluding hydrogens is 583 g/mol. The molecular formula is C45H29N3. The van der Waals surface area contributed by atoms with Gasteiger partial charge in [-0.15, -0.1) is 0 Å². The van der Waals surface area contributed by atoms with E-state index in [0.29, 0.717) is 0 Å². The Hall–Kier alpha value is -6.45. The van der Waals surface area contributed by atoms with E-state index in [1.807, 2.05) is 0 Å². The molecule has 10 aromatic rings. The van der Waals surface area contributed by atoms with E-state index in [-0.39, 0.29) is 0 Å². The number of aromatic nitrogens is 3. The average Bonchev–Trinajstić information content (AvgIpc) is 3.72. The highest BCUT2D eigenvalue weighted by Crippen LogP contribution is 2.39. The molecule has 0 saturated carbocycles. The molecule has 0 aliphatic heterocycles. The van der Waals surface area contributed by atoms with Crippen molar-refractivity contribution in [3.05, 3.63) is 176 Å². The van der Waals surface area contributed by atoms with E-state index in [1.165, 1.54) is 54.5 Å². The van der Waals surface area contributed by atoms with Gasteiger partial charge < -0.3 is 4.57 Å². The maximum Gasteiger partial charge on any atom is 0.145 e. The van der Waals surface area contributed by atoms with Gasteiger partial charge in [-0.1, -0.05) is 127 Å². The van der Waals surface area contributed by atoms with Crippen LogP contribution < -0.4 is 0 Å². The van der Waals surface area contributed by atoms with Gasteiger partial charge in [-0.3, -0.25) is 4.57 Å². The lowest BCUT2D eigenvalue weighted by Gasteiger charge is -2.13. The molecule has 0 saturated heterocycles. The molecule has 8 aromatic carbocycles. The van der Waals surface area contributed by atoms with E-state index in [1.54, 1.807) is 0 Å². The maximum atomic E-state index is 5.22. The van der Waals surface area contributed by atoms with Crippen molar-refractivity contribution < 1.29 is 0 Å². The first kappa shape index (κ1) is 26.7. The van der Waals surface area contributed by atoms with E-state index < -0.39 is 0 Å². The highest BCUT2D eigenvalue weighted by Gasteiger charge is 2.18. The van der Waals surface area contributed by atoms with Gasteiger partial charge in [0, 0.05) is 33.1 Å². The van der Waals surface area contributed by atoms with Crippen LogP contribution in [0.25, 0.3) is 88.3 Å². The van der Waals surface area contributed by atoms with Crippen LogP contribution in [-0.4, -0.2) is 14.1 Å². The minimum atomic E-state index is 0.944. The molecule has 0 radical (unpaired) electrons. The standard InChI is InChI=1S/C45H29N3/c1-3-12-31(13-4-1)45-46-40-27-25-30-22-23-34-28-33(24-26-37(34)43(30)44(40)48(45)35-15-5-2-6-16-35)32-14-11-17-36(29-32)47-41-20-9-7-18-38(41)39-19-8-10-21-42(39)47/h1-29H. The minimum Gasteiger partial charge on any atom is -0.309 e. The Morgan fingerprint density at radius 1 is 0.375 bits per heavy atom. The van der Waals surface area contributed by atoms with Crippen molar-refractivity contribution in [1.29, 1.82) is 0 Å². The lowest BCUT2D eigenvalue weighted by molar-refractivity contribution is 1.11. The van der Waals surface area contributed by atoms with Gasteiger partial charge in [0.15, 0.2) is 0 Å². The van der Waals surface area contributed by atoms with E-state index in [2.05, 4.69) is 185 Å². The summed E-state index contributed by atoms with van der Waals surface area (Å²) < 4.78 is 4.71. The molecule has 0 amide bonds. The maximum absolute atomic E-state index is 5.22. The normalized spacial score (nSPS) is 11.8. The van der Waals surface area contributed by atoms with Gasteiger partial charge in [-0.25, -0.2) is 4.98 Å². The van der Waals surface area contributed by atoms with Crippen LogP contribution in [0, 0.1) is 0 Å². The van der Waals surface area contributed by atoms with Crippen LogP contribution in [0.5, 0.6) is 0 Å². The van der Waals surface area contributed by atoms with Crippen molar-refractivity contribution in [2.24, 2.45) is 0 Å². The van der Waals surface area contributed by atoms with Crippen molar-refractivity contribution in [1.82, 2.24) is 14.1 Å². The first-order chi connectivity index (χ1) is 23.8. The van der Waals surface area contributed by atoms with E-state index >= 15 is 0 Å². The van der Waals surface area contributed by atoms with Crippen LogP contribution >= 0.6 is 0 Å². The third kappa shape index (κ3) is 4.04. The van der Waals surface area contributed by atoms with E-state index in [0.717, 1.165) is 33.8 Å². The molecule has 0 aliphatic carbocycles. The number of imidazole rings is 1. The largest absolute Gasteiger partial charge is 0.309 e. The highest BCUT2D eigenvalue weighted by molar-refractivity contribution is 6.20. The summed E-state index contributed by atoms with van der Waals surface area (Å²) in [5.41, 5.74) is 10.3. The molecule has 0 bridgehead atoms. The summed E-state index contributed by atoms with van der Waals surface area (Å²) in [6, 6.07) is 63.1. The quantitative estimate of drug-likeness (QED) is 0.182. The van der Waals surface area contributed by atoms with Crippen LogP contribution in [0.1, 0.15) is 0 Å². The van der Waals surface area contributed by atoms with Crippen molar-refractivity contribution in [3.8, 4) is 33.9 Å². The van der Waals surface area contributed by atoms with Gasteiger partial charge >= 0.3 is 0 Å². The summed E-state index contributed by atoms with van der Waals surface area (Å²) in [5.74, 6) is 0.944. The summed E-state index contributed by atoms with van der Waals surface area (Å²) >= 11 is 0. The van der Waals surface area contributed by atoms with E-state index in [9.17, 15) is 0 Å². The zero-order valence-corrected chi connectivity index (χ0v) is 26.1. The van der Waals surface area contributed by atoms with Gasteiger partial charge in [0.2, 0.25) is 0 Å². The fraction of sp³-hybridized carbons (Fsp3) is 0. The Bertz CT molecular complexity index is 2770. The number of para-hydroxylation sites is 3. The van der Waals surface area contributed by atoms with Crippen molar-refractivity contribution >= 4 is 54.4 Å². The minimum absolute atomic E-state index is 0.944. The summed E-state index contributed by atoms with van der Waals surface area (Å²) in [4.78, 5) is 5.22. The summed E-state index contributed by atoms with van der Waals surface area (Å²) in [5, 5.41) is 7.39. The van der Waals surface area contributed by atoms with Crippen LogP contribution in [-0.2, 0) is 0 Å². The van der Waals surface area contributed by atoms with Gasteiger partial charge in [0.1, 0.15) is 5.82 Å². The van der Waals surface area contributed by atoms with Crippen molar-refractivity contribution in [2.75, 3.05) is 0 Å². The van der Waals surface area contributed by atoms with Gasteiger partial charge in [0.25, 0.3) is 0 Å². The van der Waals surface area contributed by atoms with Crippen LogP contribution in [0.2, 0.25) is 0 Å². The second-order valence-corrected chi connectivity index (χ2v) is 12.4. The first-order valence-corrected chi connectivity index (χ1v) is 16.4. The van der Waals surface area contributed by atoms with Crippen molar-refractivity contribution in [2.45, 2.75) is 0 Å². The molecule has 0 spiro atoms. The third-order valence-corrected chi connectivity index (χ3v) is 9.68. The monoisotopic (exact) mass is 611 g/mol. The number of benzene rings is 8. The second kappa shape index (κ2) is 10.5. The Balaban J connectivity index is 1.18. The molecule has 2 heterocycles. The fourth-order valence-corrected chi connectivity index (χ4v) is 7.53. The predicted octanol–water partition coefficient (Wildman–Crippen LogP) is 11.8. The first-order valence-electron chi connectivity index (χ1n) is 16.4. The van der Waals surface area contributed by atoms with Crippen molar-refractivity contribution in [3.63, 3.8) is 0 Å². The molecule has 0 aliphatic rings. The zero-order chi connectivity index (χ0) is 31.6. The van der Waals surface area contributed by atoms with Gasteiger partial charge in [0.05, 0.1) is 22.1 Å². The fourth-order valence-electron chi connectivity index (χ4n) is 7.53. The lowest BCUT2D eigenvalue weighted by Crippen LogP contribution is -1.98. The smallest absolute Gasteiger partial charge is 0.145 e. The predicted molar refractivity (Wildman–Crippen MR) is 201 cm³/mol. The third-order valence-electron chi connectivity index (χ3n) is 9.68. The molecule has 3 nitrogen and oxygen atoms in total. The Kier molecular flexibility index (Phi) is 5.87. The number of nitrogens with zero attached hydrogens (tertiary/aromatic N) is 3. The molecule has 224 valence electrons. The average molecular weight is 612 g/mol. The SMILES string of the molecule is c1ccc(-c2nc3ccc4ccc5cc(-c6cccc(-n7c8ccccc8c8ccccc87)c6)ccc5c4c3n2-c2ccccc2)cc1. The molecule has 2 aromatic heterocycles. The number of hydrogen-bond acceptors (Lipinski definition) is 1. The number of hydrogen-bond donors (Lipinski definition) is 0. The van der Waals surface area contributed by atoms with Gasteiger partial charge in [-0.05, 0) is 75.8 Å². The molecule has 0 atom stereocenters. The lowest BCUT2D eigenvalue weighted by atomic mass is 9.96. The van der Waals surface area contributed by atoms with Crippen LogP contribution in [0.15, 0.2) is 176 Å². The molecule has 48 heavy (non-hydrogen) atoms. The van der Waals surface area contributed by atoms with E-state index in [4.69, 9.17) is 4.98 Å². The summed E-state index contributed by atoms with van der Waals surface area (Å²) in [6.45, 7) is 0. The van der Waals surface area contributed by atoms with Crippen LogP contribution in [0.3, 0.4) is 0 Å². The zero-order valence-electron chi connectivity index (χ0n) is 26.1. The molecule has 3 heteroatoms. The molecule has 0 unspecified atom stereocenters.